The number of hydrogen-bond donors (Lipinski definition) is 0. The van der Waals surface area contributed by atoms with Crippen LogP contribution in [-0.2, 0) is 33.0 Å². The lowest BCUT2D eigenvalue weighted by Crippen LogP contribution is -2.55. The Morgan fingerprint density at radius 3 is 2.72 bits per heavy atom. The second kappa shape index (κ2) is 7.59. The fourth-order valence-corrected chi connectivity index (χ4v) is 4.72. The molecule has 3 aliphatic rings. The second-order valence-electron chi connectivity index (χ2n) is 8.23. The molecule has 1 amide bonds. The van der Waals surface area contributed by atoms with Gasteiger partial charge < -0.3 is 23.4 Å². The van der Waals surface area contributed by atoms with Crippen LogP contribution >= 0.6 is 0 Å². The van der Waals surface area contributed by atoms with Gasteiger partial charge in [0.25, 0.3) is 5.91 Å². The van der Waals surface area contributed by atoms with E-state index >= 15 is 0 Å². The number of ether oxygens (including phenoxy) is 2. The molecule has 1 spiro atoms. The number of furan rings is 1. The van der Waals surface area contributed by atoms with Crippen LogP contribution in [0, 0.1) is 6.92 Å². The predicted molar refractivity (Wildman–Crippen MR) is 104 cm³/mol. The van der Waals surface area contributed by atoms with E-state index in [2.05, 4.69) is 14.5 Å². The van der Waals surface area contributed by atoms with Gasteiger partial charge in [0.15, 0.2) is 6.10 Å². The van der Waals surface area contributed by atoms with Gasteiger partial charge in [-0.3, -0.25) is 9.69 Å². The molecule has 0 aromatic carbocycles. The predicted octanol–water partition coefficient (Wildman–Crippen LogP) is 1.53. The zero-order chi connectivity index (χ0) is 19.8. The van der Waals surface area contributed by atoms with Gasteiger partial charge >= 0.3 is 0 Å². The molecule has 5 heterocycles. The Kier molecular flexibility index (Phi) is 4.93. The minimum Gasteiger partial charge on any atom is -0.465 e. The number of morpholine rings is 1. The van der Waals surface area contributed by atoms with Crippen molar-refractivity contribution in [2.45, 2.75) is 44.6 Å². The molecule has 3 aliphatic heterocycles. The molecule has 0 radical (unpaired) electrons. The van der Waals surface area contributed by atoms with Crippen molar-refractivity contribution in [3.05, 3.63) is 41.9 Å². The van der Waals surface area contributed by atoms with Crippen molar-refractivity contribution in [1.29, 1.82) is 0 Å². The molecule has 0 saturated carbocycles. The van der Waals surface area contributed by atoms with E-state index in [1.807, 2.05) is 36.4 Å². The van der Waals surface area contributed by atoms with Crippen LogP contribution in [0.3, 0.4) is 0 Å². The standard InChI is InChI=1S/C21H28N4O4/c1-16-2-3-17(28-16)14-23-7-4-21(5-8-23)20-22-6-9-25(20)15-18(29-21)19(26)24-10-12-27-13-11-24/h2-3,6,9,18H,4-5,7-8,10-15H2,1H3. The van der Waals surface area contributed by atoms with E-state index in [4.69, 9.17) is 13.9 Å². The zero-order valence-corrected chi connectivity index (χ0v) is 16.9. The highest BCUT2D eigenvalue weighted by atomic mass is 16.5. The molecular weight excluding hydrogens is 372 g/mol. The van der Waals surface area contributed by atoms with Crippen LogP contribution in [-0.4, -0.2) is 70.8 Å². The Hall–Kier alpha value is -2.16. The van der Waals surface area contributed by atoms with Crippen molar-refractivity contribution in [1.82, 2.24) is 19.4 Å². The number of rotatable bonds is 3. The number of imidazole rings is 1. The van der Waals surface area contributed by atoms with Crippen molar-refractivity contribution in [3.8, 4) is 0 Å². The summed E-state index contributed by atoms with van der Waals surface area (Å²) < 4.78 is 19.8. The molecule has 156 valence electrons. The summed E-state index contributed by atoms with van der Waals surface area (Å²) in [5.41, 5.74) is -0.496. The van der Waals surface area contributed by atoms with E-state index in [1.54, 1.807) is 0 Å². The average Bonchev–Trinajstić information content (AvgIpc) is 3.39. The lowest BCUT2D eigenvalue weighted by atomic mass is 9.88. The first-order valence-electron chi connectivity index (χ1n) is 10.5. The Morgan fingerprint density at radius 2 is 2.00 bits per heavy atom. The molecule has 1 atom stereocenters. The van der Waals surface area contributed by atoms with E-state index in [0.717, 1.165) is 49.8 Å². The largest absolute Gasteiger partial charge is 0.465 e. The third-order valence-electron chi connectivity index (χ3n) is 6.29. The maximum absolute atomic E-state index is 13.1. The smallest absolute Gasteiger partial charge is 0.253 e. The first-order chi connectivity index (χ1) is 14.1. The van der Waals surface area contributed by atoms with Gasteiger partial charge in [0, 0.05) is 38.6 Å². The van der Waals surface area contributed by atoms with Crippen LogP contribution < -0.4 is 0 Å². The summed E-state index contributed by atoms with van der Waals surface area (Å²) in [4.78, 5) is 22.0. The van der Waals surface area contributed by atoms with Crippen LogP contribution in [0.15, 0.2) is 28.9 Å². The van der Waals surface area contributed by atoms with E-state index < -0.39 is 11.7 Å². The van der Waals surface area contributed by atoms with Gasteiger partial charge in [-0.1, -0.05) is 0 Å². The van der Waals surface area contributed by atoms with Crippen molar-refractivity contribution >= 4 is 5.91 Å². The fourth-order valence-electron chi connectivity index (χ4n) is 4.72. The summed E-state index contributed by atoms with van der Waals surface area (Å²) in [6.07, 6.45) is 4.96. The second-order valence-corrected chi connectivity index (χ2v) is 8.23. The van der Waals surface area contributed by atoms with Gasteiger partial charge in [-0.25, -0.2) is 4.98 Å². The molecule has 5 rings (SSSR count). The Balaban J connectivity index is 1.30. The number of piperidine rings is 1. The van der Waals surface area contributed by atoms with E-state index in [-0.39, 0.29) is 5.91 Å². The quantitative estimate of drug-likeness (QED) is 0.778. The van der Waals surface area contributed by atoms with Crippen LogP contribution in [0.1, 0.15) is 30.2 Å². The highest BCUT2D eigenvalue weighted by molar-refractivity contribution is 5.81. The SMILES string of the molecule is Cc1ccc(CN2CCC3(CC2)OC(C(=O)N2CCOCC2)Cn2ccnc23)o1. The maximum atomic E-state index is 13.1. The summed E-state index contributed by atoms with van der Waals surface area (Å²) in [5, 5.41) is 0. The summed E-state index contributed by atoms with van der Waals surface area (Å²) >= 11 is 0. The number of carbonyl (C=O) groups is 1. The number of aryl methyl sites for hydroxylation is 1. The van der Waals surface area contributed by atoms with Crippen LogP contribution in [0.25, 0.3) is 0 Å². The average molecular weight is 400 g/mol. The highest BCUT2D eigenvalue weighted by Crippen LogP contribution is 2.40. The van der Waals surface area contributed by atoms with Gasteiger partial charge in [-0.05, 0) is 31.9 Å². The molecule has 0 N–H and O–H groups in total. The van der Waals surface area contributed by atoms with Gasteiger partial charge in [0.05, 0.1) is 26.3 Å². The Bertz CT molecular complexity index is 862. The first-order valence-corrected chi connectivity index (χ1v) is 10.5. The number of fused-ring (bicyclic) bond motifs is 2. The van der Waals surface area contributed by atoms with E-state index in [0.29, 0.717) is 32.8 Å². The molecule has 0 aliphatic carbocycles. The first kappa shape index (κ1) is 18.8. The lowest BCUT2D eigenvalue weighted by molar-refractivity contribution is -0.184. The molecule has 8 nitrogen and oxygen atoms in total. The number of amides is 1. The number of hydrogen-bond acceptors (Lipinski definition) is 6. The van der Waals surface area contributed by atoms with E-state index in [9.17, 15) is 4.79 Å². The highest BCUT2D eigenvalue weighted by Gasteiger charge is 2.47. The third-order valence-corrected chi connectivity index (χ3v) is 6.29. The van der Waals surface area contributed by atoms with Crippen LogP contribution in [0.2, 0.25) is 0 Å². The normalized spacial score (nSPS) is 24.6. The molecular formula is C21H28N4O4. The summed E-state index contributed by atoms with van der Waals surface area (Å²) in [7, 11) is 0. The number of nitrogens with zero attached hydrogens (tertiary/aromatic N) is 4. The fraction of sp³-hybridized carbons (Fsp3) is 0.619. The molecule has 29 heavy (non-hydrogen) atoms. The van der Waals surface area contributed by atoms with Crippen LogP contribution in [0.4, 0.5) is 0 Å². The number of likely N-dealkylation sites (tertiary alicyclic amines) is 1. The minimum absolute atomic E-state index is 0.0699. The molecule has 2 aromatic rings. The van der Waals surface area contributed by atoms with Gasteiger partial charge in [0.1, 0.15) is 22.9 Å². The number of aromatic nitrogens is 2. The van der Waals surface area contributed by atoms with E-state index in [1.165, 1.54) is 0 Å². The van der Waals surface area contributed by atoms with Gasteiger partial charge in [-0.2, -0.15) is 0 Å². The monoisotopic (exact) mass is 400 g/mol. The number of carbonyl (C=O) groups excluding carboxylic acids is 1. The molecule has 8 heteroatoms. The van der Waals surface area contributed by atoms with Crippen molar-refractivity contribution < 1.29 is 18.7 Å². The van der Waals surface area contributed by atoms with Crippen molar-refractivity contribution in [3.63, 3.8) is 0 Å². The topological polar surface area (TPSA) is 73.0 Å². The summed E-state index contributed by atoms with van der Waals surface area (Å²) in [6.45, 7) is 7.53. The molecule has 1 unspecified atom stereocenters. The molecule has 2 aromatic heterocycles. The molecule has 2 saturated heterocycles. The minimum atomic E-state index is -0.496. The Labute approximate surface area is 170 Å². The van der Waals surface area contributed by atoms with Gasteiger partial charge in [-0.15, -0.1) is 0 Å². The molecule has 2 fully saturated rings. The lowest BCUT2D eigenvalue weighted by Gasteiger charge is -2.46. The van der Waals surface area contributed by atoms with Crippen molar-refractivity contribution in [2.24, 2.45) is 0 Å². The third kappa shape index (κ3) is 3.60. The van der Waals surface area contributed by atoms with Crippen molar-refractivity contribution in [2.75, 3.05) is 39.4 Å². The summed E-state index contributed by atoms with van der Waals surface area (Å²) in [5.74, 6) is 2.96. The van der Waals surface area contributed by atoms with Crippen LogP contribution in [0.5, 0.6) is 0 Å². The Morgan fingerprint density at radius 1 is 1.21 bits per heavy atom. The molecule has 0 bridgehead atoms. The zero-order valence-electron chi connectivity index (χ0n) is 16.9. The maximum Gasteiger partial charge on any atom is 0.253 e. The summed E-state index contributed by atoms with van der Waals surface area (Å²) in [6, 6.07) is 4.05. The van der Waals surface area contributed by atoms with Gasteiger partial charge in [0.2, 0.25) is 0 Å².